The molecule has 0 amide bonds. The topological polar surface area (TPSA) is 13.6 Å². The molecular formula is C31H38NOS+. The Balaban J connectivity index is 1.48. The summed E-state index contributed by atoms with van der Waals surface area (Å²) in [6, 6.07) is 27.2. The predicted octanol–water partition coefficient (Wildman–Crippen LogP) is 9.63. The molecule has 3 rings (SSSR count). The molecule has 34 heavy (non-hydrogen) atoms. The number of benzene rings is 3. The van der Waals surface area contributed by atoms with Crippen molar-refractivity contribution in [1.29, 1.82) is 0 Å². The largest absolute Gasteiger partial charge is 0.494 e. The number of nitrogens with zero attached hydrogens (tertiary/aromatic N) is 1. The molecule has 3 aromatic rings. The normalized spacial score (nSPS) is 11.6. The van der Waals surface area contributed by atoms with Crippen molar-refractivity contribution in [3.8, 4) is 5.75 Å². The van der Waals surface area contributed by atoms with Gasteiger partial charge in [0, 0.05) is 0 Å². The minimum atomic E-state index is -0.207. The summed E-state index contributed by atoms with van der Waals surface area (Å²) >= 11 is 0. The van der Waals surface area contributed by atoms with Crippen LogP contribution in [-0.4, -0.2) is 6.61 Å². The monoisotopic (exact) mass is 472 g/mol. The maximum Gasteiger partial charge on any atom is 0.187 e. The van der Waals surface area contributed by atoms with Crippen LogP contribution in [0.2, 0.25) is 0 Å². The van der Waals surface area contributed by atoms with Crippen LogP contribution >= 0.6 is 0 Å². The lowest BCUT2D eigenvalue weighted by atomic mass is 10.1. The highest BCUT2D eigenvalue weighted by atomic mass is 32.2. The van der Waals surface area contributed by atoms with Gasteiger partial charge in [0.25, 0.3) is 0 Å². The summed E-state index contributed by atoms with van der Waals surface area (Å²) in [4.78, 5) is 7.29. The van der Waals surface area contributed by atoms with Crippen molar-refractivity contribution in [2.45, 2.75) is 85.8 Å². The van der Waals surface area contributed by atoms with Gasteiger partial charge in [-0.3, -0.25) is 0 Å². The maximum absolute atomic E-state index is 7.23. The molecular weight excluding hydrogens is 434 g/mol. The predicted molar refractivity (Wildman–Crippen MR) is 145 cm³/mol. The molecule has 1 atom stereocenters. The maximum atomic E-state index is 7.23. The fraction of sp³-hybridized carbons (Fsp3) is 0.387. The SMILES string of the molecule is [C-]#[N+]c1ccc([S+](c2ccccc2)c2ccc(OCCCCCCCCCCCC)cc2)cc1. The van der Waals surface area contributed by atoms with Gasteiger partial charge >= 0.3 is 0 Å². The van der Waals surface area contributed by atoms with Crippen molar-refractivity contribution in [3.63, 3.8) is 0 Å². The third-order valence-corrected chi connectivity index (χ3v) is 8.24. The molecule has 0 saturated carbocycles. The van der Waals surface area contributed by atoms with Gasteiger partial charge in [-0.05, 0) is 55.0 Å². The van der Waals surface area contributed by atoms with Gasteiger partial charge in [-0.2, -0.15) is 0 Å². The van der Waals surface area contributed by atoms with Crippen LogP contribution < -0.4 is 4.74 Å². The average molecular weight is 473 g/mol. The van der Waals surface area contributed by atoms with Crippen LogP contribution in [0, 0.1) is 6.57 Å². The zero-order valence-corrected chi connectivity index (χ0v) is 21.4. The summed E-state index contributed by atoms with van der Waals surface area (Å²) in [7, 11) is -0.207. The van der Waals surface area contributed by atoms with Crippen LogP contribution in [0.5, 0.6) is 5.75 Å². The third kappa shape index (κ3) is 8.58. The van der Waals surface area contributed by atoms with E-state index >= 15 is 0 Å². The van der Waals surface area contributed by atoms with Gasteiger partial charge in [-0.15, -0.1) is 0 Å². The van der Waals surface area contributed by atoms with Crippen LogP contribution in [0.3, 0.4) is 0 Å². The number of unbranched alkanes of at least 4 members (excludes halogenated alkanes) is 9. The smallest absolute Gasteiger partial charge is 0.187 e. The van der Waals surface area contributed by atoms with Gasteiger partial charge < -0.3 is 4.74 Å². The Morgan fingerprint density at radius 2 is 1.12 bits per heavy atom. The molecule has 1 unspecified atom stereocenters. The summed E-state index contributed by atoms with van der Waals surface area (Å²) in [5.74, 6) is 0.944. The number of hydrogen-bond acceptors (Lipinski definition) is 1. The van der Waals surface area contributed by atoms with Gasteiger partial charge in [-0.1, -0.05) is 95.0 Å². The van der Waals surface area contributed by atoms with E-state index < -0.39 is 0 Å². The van der Waals surface area contributed by atoms with E-state index in [1.807, 2.05) is 12.1 Å². The Morgan fingerprint density at radius 3 is 1.68 bits per heavy atom. The molecule has 0 heterocycles. The Morgan fingerprint density at radius 1 is 0.618 bits per heavy atom. The van der Waals surface area contributed by atoms with Gasteiger partial charge in [-0.25, -0.2) is 4.85 Å². The van der Waals surface area contributed by atoms with Crippen LogP contribution in [0.4, 0.5) is 5.69 Å². The molecule has 0 spiro atoms. The van der Waals surface area contributed by atoms with E-state index in [1.165, 1.54) is 72.5 Å². The molecule has 0 bridgehead atoms. The molecule has 2 nitrogen and oxygen atoms in total. The molecule has 178 valence electrons. The highest BCUT2D eigenvalue weighted by molar-refractivity contribution is 7.97. The molecule has 0 N–H and O–H groups in total. The van der Waals surface area contributed by atoms with Crippen LogP contribution in [0.1, 0.15) is 71.1 Å². The van der Waals surface area contributed by atoms with Crippen molar-refractivity contribution in [2.75, 3.05) is 6.61 Å². The molecule has 0 radical (unpaired) electrons. The van der Waals surface area contributed by atoms with E-state index in [0.29, 0.717) is 5.69 Å². The Bertz CT molecular complexity index is 977. The van der Waals surface area contributed by atoms with Crippen molar-refractivity contribution >= 4 is 16.6 Å². The summed E-state index contributed by atoms with van der Waals surface area (Å²) in [6.45, 7) is 10.3. The van der Waals surface area contributed by atoms with Gasteiger partial charge in [0.15, 0.2) is 20.4 Å². The number of rotatable bonds is 15. The van der Waals surface area contributed by atoms with Gasteiger partial charge in [0.05, 0.1) is 24.1 Å². The second kappa shape index (κ2) is 15.3. The molecule has 0 saturated heterocycles. The zero-order valence-electron chi connectivity index (χ0n) is 20.5. The van der Waals surface area contributed by atoms with E-state index in [4.69, 9.17) is 11.3 Å². The molecule has 3 heteroatoms. The van der Waals surface area contributed by atoms with E-state index in [9.17, 15) is 0 Å². The van der Waals surface area contributed by atoms with Crippen LogP contribution in [0.25, 0.3) is 4.85 Å². The summed E-state index contributed by atoms with van der Waals surface area (Å²) in [5.41, 5.74) is 0.677. The van der Waals surface area contributed by atoms with E-state index in [0.717, 1.165) is 18.8 Å². The first kappa shape index (κ1) is 25.9. The highest BCUT2D eigenvalue weighted by Crippen LogP contribution is 2.33. The van der Waals surface area contributed by atoms with Gasteiger partial charge in [0.2, 0.25) is 0 Å². The molecule has 0 aromatic heterocycles. The fourth-order valence-electron chi connectivity index (χ4n) is 4.07. The van der Waals surface area contributed by atoms with E-state index in [1.54, 1.807) is 0 Å². The van der Waals surface area contributed by atoms with Crippen molar-refractivity contribution in [2.24, 2.45) is 0 Å². The molecule has 0 aliphatic rings. The molecule has 0 aliphatic carbocycles. The molecule has 3 aromatic carbocycles. The van der Waals surface area contributed by atoms with Crippen LogP contribution in [0.15, 0.2) is 93.5 Å². The highest BCUT2D eigenvalue weighted by Gasteiger charge is 2.28. The minimum absolute atomic E-state index is 0.207. The lowest BCUT2D eigenvalue weighted by Gasteiger charge is -2.10. The first-order valence-electron chi connectivity index (χ1n) is 12.8. The Labute approximate surface area is 209 Å². The van der Waals surface area contributed by atoms with E-state index in [-0.39, 0.29) is 10.9 Å². The first-order valence-corrected chi connectivity index (χ1v) is 14.0. The third-order valence-electron chi connectivity index (χ3n) is 6.01. The Hall–Kier alpha value is -2.70. The second-order valence-electron chi connectivity index (χ2n) is 8.73. The first-order chi connectivity index (χ1) is 16.8. The lowest BCUT2D eigenvalue weighted by Crippen LogP contribution is -2.05. The van der Waals surface area contributed by atoms with E-state index in [2.05, 4.69) is 78.5 Å². The standard InChI is InChI=1S/C31H38NOS/c1-3-4-5-6-7-8-9-10-11-15-26-33-28-20-24-31(25-21-28)34(29-16-13-12-14-17-29)30-22-18-27(32-2)19-23-30/h12-14,16-25H,3-11,15,26H2,1H3/q+1. The summed E-state index contributed by atoms with van der Waals surface area (Å²) in [5, 5.41) is 0. The summed E-state index contributed by atoms with van der Waals surface area (Å²) < 4.78 is 6.02. The van der Waals surface area contributed by atoms with Crippen LogP contribution in [-0.2, 0) is 10.9 Å². The van der Waals surface area contributed by atoms with Crippen molar-refractivity contribution in [3.05, 3.63) is 90.3 Å². The molecule has 0 aliphatic heterocycles. The average Bonchev–Trinajstić information content (AvgIpc) is 2.89. The Kier molecular flexibility index (Phi) is 11.6. The second-order valence-corrected chi connectivity index (χ2v) is 10.8. The quantitative estimate of drug-likeness (QED) is 0.122. The fourth-order valence-corrected chi connectivity index (χ4v) is 6.14. The zero-order chi connectivity index (χ0) is 23.8. The van der Waals surface area contributed by atoms with Gasteiger partial charge in [0.1, 0.15) is 5.75 Å². The van der Waals surface area contributed by atoms with Crippen molar-refractivity contribution in [1.82, 2.24) is 0 Å². The lowest BCUT2D eigenvalue weighted by molar-refractivity contribution is 0.304. The minimum Gasteiger partial charge on any atom is -0.494 e. The number of hydrogen-bond donors (Lipinski definition) is 0. The summed E-state index contributed by atoms with van der Waals surface area (Å²) in [6.07, 6.45) is 13.4. The van der Waals surface area contributed by atoms with Crippen molar-refractivity contribution < 1.29 is 4.74 Å². The number of ether oxygens (including phenoxy) is 1. The molecule has 0 fully saturated rings.